The lowest BCUT2D eigenvalue weighted by atomic mass is 9.99. The van der Waals surface area contributed by atoms with Crippen LogP contribution >= 0.6 is 0 Å². The molecule has 30 heavy (non-hydrogen) atoms. The summed E-state index contributed by atoms with van der Waals surface area (Å²) in [6.45, 7) is 0. The number of halogens is 6. The smallest absolute Gasteiger partial charge is 0.406 e. The number of aromatic nitrogens is 2. The van der Waals surface area contributed by atoms with E-state index in [0.717, 1.165) is 24.3 Å². The molecule has 0 bridgehead atoms. The first-order valence-corrected chi connectivity index (χ1v) is 9.36. The summed E-state index contributed by atoms with van der Waals surface area (Å²) in [7, 11) is -6.07. The number of allylic oxidation sites excluding steroid dienone is 2. The molecule has 0 spiro atoms. The van der Waals surface area contributed by atoms with Crippen molar-refractivity contribution in [1.29, 1.82) is 0 Å². The second-order valence-corrected chi connectivity index (χ2v) is 7.42. The Hall–Kier alpha value is -3.03. The van der Waals surface area contributed by atoms with E-state index in [4.69, 9.17) is 0 Å². The van der Waals surface area contributed by atoms with Gasteiger partial charge in [0.1, 0.15) is 5.75 Å². The normalized spacial score (nSPS) is 14.3. The highest BCUT2D eigenvalue weighted by Gasteiger charge is 2.49. The van der Waals surface area contributed by atoms with Gasteiger partial charge in [0.25, 0.3) is 11.4 Å². The van der Waals surface area contributed by atoms with E-state index in [1.807, 2.05) is 0 Å². The Kier molecular flexibility index (Phi) is 5.30. The number of fused-ring (bicyclic) bond motifs is 1. The number of hydrogen-bond donors (Lipinski definition) is 0. The number of rotatable bonds is 4. The molecule has 1 aromatic carbocycles. The van der Waals surface area contributed by atoms with Gasteiger partial charge in [-0.05, 0) is 37.1 Å². The lowest BCUT2D eigenvalue weighted by Gasteiger charge is -2.18. The summed E-state index contributed by atoms with van der Waals surface area (Å²) in [5, 5.41) is 3.56. The number of alkyl halides is 6. The largest absolute Gasteiger partial charge is 0.573 e. The average molecular weight is 456 g/mol. The van der Waals surface area contributed by atoms with E-state index >= 15 is 0 Å². The highest BCUT2D eigenvalue weighted by Crippen LogP contribution is 2.30. The molecule has 162 valence electrons. The summed E-state index contributed by atoms with van der Waals surface area (Å²) in [5.74, 6) is -1.57. The van der Waals surface area contributed by atoms with Gasteiger partial charge in [0.2, 0.25) is 0 Å². The summed E-state index contributed by atoms with van der Waals surface area (Å²) < 4.78 is 106. The molecule has 1 aromatic heterocycles. The summed E-state index contributed by atoms with van der Waals surface area (Å²) in [4.78, 5) is 12.7. The van der Waals surface area contributed by atoms with E-state index in [9.17, 15) is 39.6 Å². The predicted octanol–water partition coefficient (Wildman–Crippen LogP) is 3.01. The molecular formula is C16H10F6N2O5S. The van der Waals surface area contributed by atoms with Gasteiger partial charge < -0.3 is 8.92 Å². The van der Waals surface area contributed by atoms with Gasteiger partial charge in [-0.1, -0.05) is 12.2 Å². The number of hydrogen-bond acceptors (Lipinski definition) is 6. The minimum atomic E-state index is -6.07. The van der Waals surface area contributed by atoms with Gasteiger partial charge in [0.15, 0.2) is 0 Å². The molecule has 0 atom stereocenters. The summed E-state index contributed by atoms with van der Waals surface area (Å²) in [6, 6.07) is 3.68. The van der Waals surface area contributed by atoms with Crippen molar-refractivity contribution in [3.8, 4) is 17.3 Å². The molecule has 0 amide bonds. The number of ether oxygens (including phenoxy) is 1. The lowest BCUT2D eigenvalue weighted by Crippen LogP contribution is -2.32. The third-order valence-corrected chi connectivity index (χ3v) is 4.81. The van der Waals surface area contributed by atoms with Crippen LogP contribution in [-0.2, 0) is 23.0 Å². The monoisotopic (exact) mass is 456 g/mol. The molecule has 2 aromatic rings. The van der Waals surface area contributed by atoms with Gasteiger partial charge in [-0.2, -0.15) is 26.3 Å². The fourth-order valence-electron chi connectivity index (χ4n) is 2.59. The van der Waals surface area contributed by atoms with Crippen LogP contribution in [0.4, 0.5) is 26.3 Å². The quantitative estimate of drug-likeness (QED) is 0.304. The Morgan fingerprint density at radius 2 is 1.50 bits per heavy atom. The first-order valence-electron chi connectivity index (χ1n) is 7.95. The van der Waals surface area contributed by atoms with Crippen LogP contribution in [0.2, 0.25) is 0 Å². The molecule has 0 saturated carbocycles. The van der Waals surface area contributed by atoms with Crippen LogP contribution in [-0.4, -0.2) is 30.1 Å². The second-order valence-electron chi connectivity index (χ2n) is 5.88. The van der Waals surface area contributed by atoms with Crippen LogP contribution in [0, 0.1) is 0 Å². The highest BCUT2D eigenvalue weighted by atomic mass is 32.2. The zero-order valence-corrected chi connectivity index (χ0v) is 15.3. The number of nitrogens with zero attached hydrogens (tertiary/aromatic N) is 2. The van der Waals surface area contributed by atoms with Crippen LogP contribution in [0.3, 0.4) is 0 Å². The third kappa shape index (κ3) is 4.42. The molecule has 3 rings (SSSR count). The van der Waals surface area contributed by atoms with Crippen molar-refractivity contribution >= 4 is 10.1 Å². The van der Waals surface area contributed by atoms with Crippen molar-refractivity contribution in [2.75, 3.05) is 0 Å². The minimum Gasteiger partial charge on any atom is -0.406 e. The van der Waals surface area contributed by atoms with Crippen LogP contribution < -0.4 is 14.5 Å². The molecule has 14 heteroatoms. The molecule has 0 N–H and O–H groups in total. The van der Waals surface area contributed by atoms with Gasteiger partial charge in [-0.25, -0.2) is 0 Å². The molecule has 0 saturated heterocycles. The first-order chi connectivity index (χ1) is 13.8. The van der Waals surface area contributed by atoms with Crippen molar-refractivity contribution in [3.63, 3.8) is 0 Å². The minimum absolute atomic E-state index is 0.0334. The molecule has 1 aliphatic rings. The van der Waals surface area contributed by atoms with Gasteiger partial charge in [-0.3, -0.25) is 4.79 Å². The third-order valence-electron chi connectivity index (χ3n) is 3.86. The summed E-state index contributed by atoms with van der Waals surface area (Å²) >= 11 is 0. The summed E-state index contributed by atoms with van der Waals surface area (Å²) in [6.07, 6.45) is -2.06. The van der Waals surface area contributed by atoms with Crippen molar-refractivity contribution < 1.29 is 43.7 Å². The fraction of sp³-hybridized carbons (Fsp3) is 0.250. The Morgan fingerprint density at radius 3 is 2.03 bits per heavy atom. The van der Waals surface area contributed by atoms with Crippen LogP contribution in [0.15, 0.2) is 41.2 Å². The molecule has 7 nitrogen and oxygen atoms in total. The molecule has 0 fully saturated rings. The average Bonchev–Trinajstić information content (AvgIpc) is 2.62. The van der Waals surface area contributed by atoms with E-state index in [1.54, 1.807) is 0 Å². The fourth-order valence-corrected chi connectivity index (χ4v) is 3.02. The van der Waals surface area contributed by atoms with Crippen molar-refractivity contribution in [1.82, 2.24) is 9.78 Å². The molecule has 0 radical (unpaired) electrons. The molecule has 1 heterocycles. The van der Waals surface area contributed by atoms with Gasteiger partial charge >= 0.3 is 22.0 Å². The SMILES string of the molecule is O=c1c2c(c(OS(=O)(=O)C(F)(F)F)nn1-c1ccc(OC(F)(F)F)cc1)CC=CC2. The van der Waals surface area contributed by atoms with E-state index in [1.165, 1.54) is 12.2 Å². The van der Waals surface area contributed by atoms with Gasteiger partial charge in [0, 0.05) is 11.1 Å². The topological polar surface area (TPSA) is 87.5 Å². The molecule has 0 aliphatic heterocycles. The zero-order valence-electron chi connectivity index (χ0n) is 14.5. The van der Waals surface area contributed by atoms with Gasteiger partial charge in [0.05, 0.1) is 5.69 Å². The predicted molar refractivity (Wildman–Crippen MR) is 88.7 cm³/mol. The van der Waals surface area contributed by atoms with Crippen molar-refractivity contribution in [2.45, 2.75) is 24.7 Å². The molecule has 1 aliphatic carbocycles. The van der Waals surface area contributed by atoms with Crippen LogP contribution in [0.25, 0.3) is 5.69 Å². The standard InChI is InChI=1S/C16H10F6N2O5S/c17-15(18,19)28-10-7-5-9(6-8-10)24-14(25)12-4-2-1-3-11(12)13(23-24)29-30(26,27)16(20,21)22/h1-2,5-8H,3-4H2. The maximum Gasteiger partial charge on any atom is 0.573 e. The van der Waals surface area contributed by atoms with E-state index in [0.29, 0.717) is 4.68 Å². The molecular weight excluding hydrogens is 446 g/mol. The van der Waals surface area contributed by atoms with E-state index in [-0.39, 0.29) is 29.7 Å². The Labute approximate surface area is 164 Å². The first kappa shape index (κ1) is 21.7. The van der Waals surface area contributed by atoms with E-state index in [2.05, 4.69) is 14.0 Å². The van der Waals surface area contributed by atoms with Gasteiger partial charge in [-0.15, -0.1) is 18.3 Å². The summed E-state index contributed by atoms with van der Waals surface area (Å²) in [5.41, 5.74) is -6.88. The van der Waals surface area contributed by atoms with Crippen molar-refractivity contribution in [2.24, 2.45) is 0 Å². The van der Waals surface area contributed by atoms with Crippen molar-refractivity contribution in [3.05, 3.63) is 57.9 Å². The maximum absolute atomic E-state index is 12.7. The molecule has 0 unspecified atom stereocenters. The second kappa shape index (κ2) is 7.34. The highest BCUT2D eigenvalue weighted by molar-refractivity contribution is 7.87. The zero-order chi connectivity index (χ0) is 22.3. The Morgan fingerprint density at radius 1 is 0.933 bits per heavy atom. The lowest BCUT2D eigenvalue weighted by molar-refractivity contribution is -0.274. The number of benzene rings is 1. The van der Waals surface area contributed by atoms with Crippen LogP contribution in [0.5, 0.6) is 11.6 Å². The Balaban J connectivity index is 2.09. The van der Waals surface area contributed by atoms with E-state index < -0.39 is 39.2 Å². The maximum atomic E-state index is 12.7. The Bertz CT molecular complexity index is 1150. The van der Waals surface area contributed by atoms with Crippen LogP contribution in [0.1, 0.15) is 11.1 Å².